The van der Waals surface area contributed by atoms with Crippen LogP contribution in [0.25, 0.3) is 17.1 Å². The van der Waals surface area contributed by atoms with E-state index in [1.165, 1.54) is 0 Å². The van der Waals surface area contributed by atoms with Gasteiger partial charge in [-0.1, -0.05) is 13.3 Å². The Morgan fingerprint density at radius 3 is 2.68 bits per heavy atom. The third-order valence-corrected chi connectivity index (χ3v) is 3.92. The molecule has 1 amide bonds. The van der Waals surface area contributed by atoms with Gasteiger partial charge in [0.05, 0.1) is 35.2 Å². The SMILES string of the molecule is CCCCc1c(C(N)=O)nn(-c2cccnc2)c1-c1ccc(N)cn1. The lowest BCUT2D eigenvalue weighted by Crippen LogP contribution is -2.14. The third kappa shape index (κ3) is 3.35. The van der Waals surface area contributed by atoms with Crippen LogP contribution in [0.3, 0.4) is 0 Å². The van der Waals surface area contributed by atoms with Crippen molar-refractivity contribution < 1.29 is 4.79 Å². The minimum atomic E-state index is -0.551. The minimum Gasteiger partial charge on any atom is -0.397 e. The Hall–Kier alpha value is -3.22. The summed E-state index contributed by atoms with van der Waals surface area (Å²) in [5, 5.41) is 4.46. The Bertz CT molecular complexity index is 871. The maximum atomic E-state index is 12.0. The Kier molecular flexibility index (Phi) is 4.74. The highest BCUT2D eigenvalue weighted by atomic mass is 16.1. The van der Waals surface area contributed by atoms with E-state index in [-0.39, 0.29) is 5.69 Å². The molecule has 3 rings (SSSR count). The standard InChI is InChI=1S/C18H20N6O/c1-2-3-6-14-16(18(20)25)23-24(13-5-4-9-21-11-13)17(14)15-8-7-12(19)10-22-15/h4-5,7-11H,2-3,6,19H2,1H3,(H2,20,25). The van der Waals surface area contributed by atoms with Gasteiger partial charge in [0.15, 0.2) is 5.69 Å². The van der Waals surface area contributed by atoms with Crippen molar-refractivity contribution in [2.45, 2.75) is 26.2 Å². The summed E-state index contributed by atoms with van der Waals surface area (Å²) in [6.45, 7) is 2.09. The third-order valence-electron chi connectivity index (χ3n) is 3.92. The minimum absolute atomic E-state index is 0.269. The molecule has 0 saturated carbocycles. The normalized spacial score (nSPS) is 10.8. The van der Waals surface area contributed by atoms with Crippen molar-refractivity contribution in [1.82, 2.24) is 19.7 Å². The topological polar surface area (TPSA) is 113 Å². The number of hydrogen-bond acceptors (Lipinski definition) is 5. The van der Waals surface area contributed by atoms with Crippen molar-refractivity contribution in [3.8, 4) is 17.1 Å². The smallest absolute Gasteiger partial charge is 0.269 e. The van der Waals surface area contributed by atoms with E-state index in [0.717, 1.165) is 29.8 Å². The van der Waals surface area contributed by atoms with Gasteiger partial charge in [0, 0.05) is 11.8 Å². The molecule has 0 aliphatic carbocycles. The molecule has 128 valence electrons. The maximum Gasteiger partial charge on any atom is 0.269 e. The van der Waals surface area contributed by atoms with Gasteiger partial charge in [0.25, 0.3) is 5.91 Å². The van der Waals surface area contributed by atoms with E-state index in [9.17, 15) is 4.79 Å². The fourth-order valence-corrected chi connectivity index (χ4v) is 2.71. The lowest BCUT2D eigenvalue weighted by atomic mass is 10.0. The van der Waals surface area contributed by atoms with Crippen molar-refractivity contribution in [2.75, 3.05) is 5.73 Å². The number of pyridine rings is 2. The number of primary amides is 1. The number of anilines is 1. The second kappa shape index (κ2) is 7.12. The molecule has 3 heterocycles. The Labute approximate surface area is 145 Å². The van der Waals surface area contributed by atoms with Crippen LogP contribution >= 0.6 is 0 Å². The molecule has 0 saturated heterocycles. The van der Waals surface area contributed by atoms with E-state index in [1.807, 2.05) is 18.2 Å². The molecule has 0 radical (unpaired) electrons. The monoisotopic (exact) mass is 336 g/mol. The Balaban J connectivity index is 2.26. The van der Waals surface area contributed by atoms with Gasteiger partial charge in [-0.3, -0.25) is 14.8 Å². The van der Waals surface area contributed by atoms with Crippen LogP contribution in [-0.2, 0) is 6.42 Å². The molecule has 0 aliphatic heterocycles. The van der Waals surface area contributed by atoms with Crippen LogP contribution in [-0.4, -0.2) is 25.7 Å². The van der Waals surface area contributed by atoms with Gasteiger partial charge >= 0.3 is 0 Å². The molecule has 0 atom stereocenters. The quantitative estimate of drug-likeness (QED) is 0.717. The number of unbranched alkanes of at least 4 members (excludes halogenated alkanes) is 1. The van der Waals surface area contributed by atoms with Crippen molar-refractivity contribution in [1.29, 1.82) is 0 Å². The van der Waals surface area contributed by atoms with Gasteiger partial charge in [0.2, 0.25) is 0 Å². The molecule has 0 fully saturated rings. The molecule has 0 aromatic carbocycles. The number of carbonyl (C=O) groups excluding carboxylic acids is 1. The maximum absolute atomic E-state index is 12.0. The second-order valence-corrected chi connectivity index (χ2v) is 5.74. The average Bonchev–Trinajstić information content (AvgIpc) is 3.01. The van der Waals surface area contributed by atoms with E-state index in [2.05, 4.69) is 22.0 Å². The van der Waals surface area contributed by atoms with E-state index in [4.69, 9.17) is 11.5 Å². The number of aromatic nitrogens is 4. The molecule has 0 unspecified atom stereocenters. The molecular weight excluding hydrogens is 316 g/mol. The van der Waals surface area contributed by atoms with Gasteiger partial charge in [-0.25, -0.2) is 4.68 Å². The van der Waals surface area contributed by atoms with E-state index in [1.54, 1.807) is 29.3 Å². The van der Waals surface area contributed by atoms with E-state index in [0.29, 0.717) is 17.8 Å². The molecule has 4 N–H and O–H groups in total. The van der Waals surface area contributed by atoms with Crippen molar-refractivity contribution in [3.63, 3.8) is 0 Å². The number of nitrogens with two attached hydrogens (primary N) is 2. The molecule has 7 heteroatoms. The first-order valence-corrected chi connectivity index (χ1v) is 8.15. The second-order valence-electron chi connectivity index (χ2n) is 5.74. The number of nitrogens with zero attached hydrogens (tertiary/aromatic N) is 4. The van der Waals surface area contributed by atoms with Gasteiger partial charge in [-0.15, -0.1) is 0 Å². The highest BCUT2D eigenvalue weighted by molar-refractivity contribution is 5.94. The van der Waals surface area contributed by atoms with Crippen LogP contribution in [0.5, 0.6) is 0 Å². The van der Waals surface area contributed by atoms with Gasteiger partial charge in [0.1, 0.15) is 0 Å². The molecule has 3 aromatic rings. The van der Waals surface area contributed by atoms with Crippen molar-refractivity contribution in [3.05, 3.63) is 54.1 Å². The number of hydrogen-bond donors (Lipinski definition) is 2. The van der Waals surface area contributed by atoms with Crippen LogP contribution < -0.4 is 11.5 Å². The summed E-state index contributed by atoms with van der Waals surface area (Å²) in [5.41, 5.74) is 15.1. The zero-order valence-electron chi connectivity index (χ0n) is 14.0. The van der Waals surface area contributed by atoms with Crippen LogP contribution in [0, 0.1) is 0 Å². The summed E-state index contributed by atoms with van der Waals surface area (Å²) in [6, 6.07) is 7.28. The zero-order chi connectivity index (χ0) is 17.8. The fraction of sp³-hybridized carbons (Fsp3) is 0.222. The van der Waals surface area contributed by atoms with Gasteiger partial charge in [-0.2, -0.15) is 5.10 Å². The summed E-state index contributed by atoms with van der Waals surface area (Å²) in [4.78, 5) is 20.5. The van der Waals surface area contributed by atoms with Gasteiger partial charge < -0.3 is 11.5 Å². The number of rotatable bonds is 6. The molecule has 0 aliphatic rings. The van der Waals surface area contributed by atoms with Gasteiger partial charge in [-0.05, 0) is 37.1 Å². The lowest BCUT2D eigenvalue weighted by Gasteiger charge is -2.09. The van der Waals surface area contributed by atoms with E-state index < -0.39 is 5.91 Å². The average molecular weight is 336 g/mol. The largest absolute Gasteiger partial charge is 0.397 e. The highest BCUT2D eigenvalue weighted by Crippen LogP contribution is 2.29. The Morgan fingerprint density at radius 2 is 2.08 bits per heavy atom. The zero-order valence-corrected chi connectivity index (χ0v) is 14.0. The van der Waals surface area contributed by atoms with Crippen molar-refractivity contribution >= 4 is 11.6 Å². The summed E-state index contributed by atoms with van der Waals surface area (Å²) in [7, 11) is 0. The van der Waals surface area contributed by atoms with Crippen molar-refractivity contribution in [2.24, 2.45) is 5.73 Å². The number of amides is 1. The molecule has 3 aromatic heterocycles. The summed E-state index contributed by atoms with van der Waals surface area (Å²) in [6.07, 6.45) is 7.55. The first-order chi connectivity index (χ1) is 12.1. The number of carbonyl (C=O) groups is 1. The first-order valence-electron chi connectivity index (χ1n) is 8.15. The number of nitrogen functional groups attached to an aromatic ring is 1. The molecule has 25 heavy (non-hydrogen) atoms. The van der Waals surface area contributed by atoms with Crippen LogP contribution in [0.4, 0.5) is 5.69 Å². The molecule has 0 spiro atoms. The van der Waals surface area contributed by atoms with Crippen LogP contribution in [0.1, 0.15) is 35.8 Å². The predicted octanol–water partition coefficient (Wildman–Crippen LogP) is 2.35. The molecule has 0 bridgehead atoms. The predicted molar refractivity (Wildman–Crippen MR) is 96.1 cm³/mol. The lowest BCUT2D eigenvalue weighted by molar-refractivity contribution is 0.0994. The van der Waals surface area contributed by atoms with Crippen LogP contribution in [0.15, 0.2) is 42.9 Å². The summed E-state index contributed by atoms with van der Waals surface area (Å²) < 4.78 is 1.68. The summed E-state index contributed by atoms with van der Waals surface area (Å²) >= 11 is 0. The summed E-state index contributed by atoms with van der Waals surface area (Å²) in [5.74, 6) is -0.551. The first kappa shape index (κ1) is 16.6. The highest BCUT2D eigenvalue weighted by Gasteiger charge is 2.23. The van der Waals surface area contributed by atoms with E-state index >= 15 is 0 Å². The molecular formula is C18H20N6O. The molecule has 7 nitrogen and oxygen atoms in total. The van der Waals surface area contributed by atoms with Crippen LogP contribution in [0.2, 0.25) is 0 Å². The Morgan fingerprint density at radius 1 is 1.24 bits per heavy atom. The fourth-order valence-electron chi connectivity index (χ4n) is 2.71.